The Labute approximate surface area is 128 Å². The molecule has 0 saturated carbocycles. The minimum Gasteiger partial charge on any atom is -0.293 e. The maximum absolute atomic E-state index is 12.4. The van der Waals surface area contributed by atoms with Gasteiger partial charge >= 0.3 is 0 Å². The number of hydrogen-bond acceptors (Lipinski definition) is 2. The maximum Gasteiger partial charge on any atom is 0.175 e. The number of Topliss-reactive ketones (excluding diaryl/α,β-unsaturated/α-hetero) is 1. The van der Waals surface area contributed by atoms with E-state index < -0.39 is 10.8 Å². The van der Waals surface area contributed by atoms with E-state index in [0.717, 1.165) is 16.7 Å². The summed E-state index contributed by atoms with van der Waals surface area (Å²) in [5.41, 5.74) is 5.00. The predicted molar refractivity (Wildman–Crippen MR) is 87.4 cm³/mol. The molecule has 1 atom stereocenters. The second-order valence-corrected chi connectivity index (χ2v) is 6.93. The fourth-order valence-electron chi connectivity index (χ4n) is 2.23. The van der Waals surface area contributed by atoms with Crippen molar-refractivity contribution in [2.45, 2.75) is 32.6 Å². The third-order valence-corrected chi connectivity index (χ3v) is 5.01. The van der Waals surface area contributed by atoms with Crippen LogP contribution in [0.25, 0.3) is 0 Å². The number of carbonyl (C=O) groups is 1. The van der Waals surface area contributed by atoms with Crippen LogP contribution in [0.2, 0.25) is 0 Å². The Morgan fingerprint density at radius 2 is 1.48 bits per heavy atom. The number of carbonyl (C=O) groups excluding carboxylic acids is 1. The summed E-state index contributed by atoms with van der Waals surface area (Å²) in [6, 6.07) is 11.4. The van der Waals surface area contributed by atoms with Gasteiger partial charge in [0.15, 0.2) is 5.78 Å². The Kier molecular flexibility index (Phi) is 4.73. The SMILES string of the molecule is Cc1ccc(S(=O)CC(=O)c2cc(C)c(C)cc2C)cc1. The van der Waals surface area contributed by atoms with E-state index in [1.54, 1.807) is 0 Å². The summed E-state index contributed by atoms with van der Waals surface area (Å²) in [5, 5.41) is 0. The second-order valence-electron chi connectivity index (χ2n) is 5.48. The highest BCUT2D eigenvalue weighted by atomic mass is 32.2. The highest BCUT2D eigenvalue weighted by Crippen LogP contribution is 2.17. The van der Waals surface area contributed by atoms with E-state index in [1.165, 1.54) is 5.56 Å². The van der Waals surface area contributed by atoms with Crippen LogP contribution in [0.5, 0.6) is 0 Å². The molecule has 0 aliphatic rings. The minimum absolute atomic E-state index is 0.0341. The lowest BCUT2D eigenvalue weighted by molar-refractivity contribution is 0.102. The molecule has 2 rings (SSSR count). The van der Waals surface area contributed by atoms with E-state index in [-0.39, 0.29) is 11.5 Å². The van der Waals surface area contributed by atoms with Crippen LogP contribution in [0.3, 0.4) is 0 Å². The molecule has 2 aromatic rings. The molecule has 0 bridgehead atoms. The van der Waals surface area contributed by atoms with E-state index in [2.05, 4.69) is 0 Å². The lowest BCUT2D eigenvalue weighted by Crippen LogP contribution is -2.13. The maximum atomic E-state index is 12.4. The molecular weight excluding hydrogens is 280 g/mol. The van der Waals surface area contributed by atoms with Crippen LogP contribution in [0.1, 0.15) is 32.6 Å². The van der Waals surface area contributed by atoms with Crippen LogP contribution in [-0.2, 0) is 10.8 Å². The summed E-state index contributed by atoms with van der Waals surface area (Å²) in [6.45, 7) is 7.92. The molecule has 0 N–H and O–H groups in total. The van der Waals surface area contributed by atoms with Gasteiger partial charge in [0, 0.05) is 10.5 Å². The molecule has 3 heteroatoms. The van der Waals surface area contributed by atoms with Crippen molar-refractivity contribution in [2.75, 3.05) is 5.75 Å². The molecule has 0 amide bonds. The summed E-state index contributed by atoms with van der Waals surface area (Å²) in [4.78, 5) is 13.1. The van der Waals surface area contributed by atoms with Gasteiger partial charge in [-0.3, -0.25) is 9.00 Å². The van der Waals surface area contributed by atoms with E-state index in [0.29, 0.717) is 10.5 Å². The molecule has 0 aromatic heterocycles. The van der Waals surface area contributed by atoms with Gasteiger partial charge in [-0.1, -0.05) is 23.8 Å². The summed E-state index contributed by atoms with van der Waals surface area (Å²) >= 11 is 0. The van der Waals surface area contributed by atoms with Crippen molar-refractivity contribution in [1.29, 1.82) is 0 Å². The molecular formula is C18H20O2S. The Bertz CT molecular complexity index is 700. The Morgan fingerprint density at radius 3 is 2.10 bits per heavy atom. The summed E-state index contributed by atoms with van der Waals surface area (Å²) < 4.78 is 12.3. The van der Waals surface area contributed by atoms with Gasteiger partial charge in [-0.2, -0.15) is 0 Å². The van der Waals surface area contributed by atoms with Crippen molar-refractivity contribution in [1.82, 2.24) is 0 Å². The van der Waals surface area contributed by atoms with Crippen molar-refractivity contribution in [3.63, 3.8) is 0 Å². The van der Waals surface area contributed by atoms with Crippen LogP contribution >= 0.6 is 0 Å². The molecule has 2 aromatic carbocycles. The first-order valence-electron chi connectivity index (χ1n) is 6.94. The van der Waals surface area contributed by atoms with Gasteiger partial charge in [0.1, 0.15) is 0 Å². The first kappa shape index (κ1) is 15.6. The van der Waals surface area contributed by atoms with Crippen LogP contribution in [-0.4, -0.2) is 15.7 Å². The van der Waals surface area contributed by atoms with E-state index in [9.17, 15) is 9.00 Å². The second kappa shape index (κ2) is 6.35. The van der Waals surface area contributed by atoms with Crippen LogP contribution in [0.15, 0.2) is 41.3 Å². The van der Waals surface area contributed by atoms with Crippen LogP contribution in [0.4, 0.5) is 0 Å². The van der Waals surface area contributed by atoms with Crippen molar-refractivity contribution >= 4 is 16.6 Å². The Balaban J connectivity index is 2.20. The summed E-state index contributed by atoms with van der Waals surface area (Å²) in [6.07, 6.45) is 0. The lowest BCUT2D eigenvalue weighted by atomic mass is 9.99. The molecule has 1 unspecified atom stereocenters. The average Bonchev–Trinajstić information content (AvgIpc) is 2.43. The quantitative estimate of drug-likeness (QED) is 0.802. The Morgan fingerprint density at radius 1 is 0.905 bits per heavy atom. The average molecular weight is 300 g/mol. The van der Waals surface area contributed by atoms with E-state index >= 15 is 0 Å². The molecule has 0 aliphatic heterocycles. The topological polar surface area (TPSA) is 34.1 Å². The van der Waals surface area contributed by atoms with Crippen molar-refractivity contribution in [3.8, 4) is 0 Å². The standard InChI is InChI=1S/C18H20O2S/c1-12-5-7-16(8-6-12)21(20)11-18(19)17-10-14(3)13(2)9-15(17)4/h5-10H,11H2,1-4H3. The molecule has 0 radical (unpaired) electrons. The monoisotopic (exact) mass is 300 g/mol. The number of hydrogen-bond donors (Lipinski definition) is 0. The third kappa shape index (κ3) is 3.67. The van der Waals surface area contributed by atoms with Crippen LogP contribution in [0, 0.1) is 27.7 Å². The fourth-order valence-corrected chi connectivity index (χ4v) is 3.23. The van der Waals surface area contributed by atoms with E-state index in [1.807, 2.05) is 64.1 Å². The Hall–Kier alpha value is -1.74. The van der Waals surface area contributed by atoms with Gasteiger partial charge in [0.25, 0.3) is 0 Å². The smallest absolute Gasteiger partial charge is 0.175 e. The highest BCUT2D eigenvalue weighted by molar-refractivity contribution is 7.85. The van der Waals surface area contributed by atoms with Crippen molar-refractivity contribution < 1.29 is 9.00 Å². The normalized spacial score (nSPS) is 12.2. The van der Waals surface area contributed by atoms with Crippen molar-refractivity contribution in [2.24, 2.45) is 0 Å². The first-order chi connectivity index (χ1) is 9.88. The summed E-state index contributed by atoms with van der Waals surface area (Å²) in [5.74, 6) is -0.0265. The van der Waals surface area contributed by atoms with Gasteiger partial charge in [-0.25, -0.2) is 0 Å². The third-order valence-electron chi connectivity index (χ3n) is 3.69. The van der Waals surface area contributed by atoms with Gasteiger partial charge in [-0.15, -0.1) is 0 Å². The zero-order valence-corrected chi connectivity index (χ0v) is 13.7. The molecule has 0 heterocycles. The largest absolute Gasteiger partial charge is 0.293 e. The zero-order valence-electron chi connectivity index (χ0n) is 12.9. The fraction of sp³-hybridized carbons (Fsp3) is 0.278. The van der Waals surface area contributed by atoms with Gasteiger partial charge < -0.3 is 0 Å². The number of ketones is 1. The van der Waals surface area contributed by atoms with E-state index in [4.69, 9.17) is 0 Å². The van der Waals surface area contributed by atoms with Gasteiger partial charge in [0.05, 0.1) is 16.6 Å². The minimum atomic E-state index is -1.29. The molecule has 0 aliphatic carbocycles. The summed E-state index contributed by atoms with van der Waals surface area (Å²) in [7, 11) is -1.29. The first-order valence-corrected chi connectivity index (χ1v) is 8.26. The number of benzene rings is 2. The van der Waals surface area contributed by atoms with Gasteiger partial charge in [0.2, 0.25) is 0 Å². The highest BCUT2D eigenvalue weighted by Gasteiger charge is 2.15. The molecule has 2 nitrogen and oxygen atoms in total. The zero-order chi connectivity index (χ0) is 15.6. The predicted octanol–water partition coefficient (Wildman–Crippen LogP) is 3.91. The molecule has 0 fully saturated rings. The lowest BCUT2D eigenvalue weighted by Gasteiger charge is -2.09. The number of rotatable bonds is 4. The van der Waals surface area contributed by atoms with Crippen molar-refractivity contribution in [3.05, 3.63) is 64.2 Å². The molecule has 21 heavy (non-hydrogen) atoms. The number of aryl methyl sites for hydroxylation is 4. The molecule has 0 saturated heterocycles. The molecule has 0 spiro atoms. The molecule has 110 valence electrons. The van der Waals surface area contributed by atoms with Crippen LogP contribution < -0.4 is 0 Å². The van der Waals surface area contributed by atoms with Gasteiger partial charge in [-0.05, 0) is 62.6 Å².